The Morgan fingerprint density at radius 3 is 2.87 bits per heavy atom. The van der Waals surface area contributed by atoms with Gasteiger partial charge in [0.15, 0.2) is 0 Å². The molecule has 0 aliphatic heterocycles. The average molecular weight is 232 g/mol. The molecule has 2 nitrogen and oxygen atoms in total. The molecule has 1 aromatic carbocycles. The number of aliphatic hydroxyl groups is 1. The van der Waals surface area contributed by atoms with Crippen molar-refractivity contribution in [3.63, 3.8) is 0 Å². The lowest BCUT2D eigenvalue weighted by Crippen LogP contribution is -2.19. The van der Waals surface area contributed by atoms with Gasteiger partial charge in [-0.3, -0.25) is 0 Å². The van der Waals surface area contributed by atoms with E-state index in [1.165, 1.54) is 6.07 Å². The molecule has 84 valence electrons. The third kappa shape index (κ3) is 4.16. The highest BCUT2D eigenvalue weighted by atomic mass is 35.5. The van der Waals surface area contributed by atoms with Gasteiger partial charge in [0.2, 0.25) is 0 Å². The maximum absolute atomic E-state index is 13.3. The Morgan fingerprint density at radius 2 is 2.27 bits per heavy atom. The zero-order chi connectivity index (χ0) is 11.3. The monoisotopic (exact) mass is 231 g/mol. The van der Waals surface area contributed by atoms with Crippen molar-refractivity contribution < 1.29 is 9.50 Å². The topological polar surface area (TPSA) is 32.3 Å². The summed E-state index contributed by atoms with van der Waals surface area (Å²) in [6, 6.07) is 4.63. The van der Waals surface area contributed by atoms with Crippen LogP contribution < -0.4 is 5.32 Å². The summed E-state index contributed by atoms with van der Waals surface area (Å²) in [5.41, 5.74) is 0.477. The molecule has 15 heavy (non-hydrogen) atoms. The van der Waals surface area contributed by atoms with E-state index in [0.29, 0.717) is 30.1 Å². The number of hydrogen-bond donors (Lipinski definition) is 2. The van der Waals surface area contributed by atoms with Crippen molar-refractivity contribution in [3.8, 4) is 0 Å². The SMILES string of the molecule is C[C@H](O)CCNCc1c(F)cccc1Cl. The highest BCUT2D eigenvalue weighted by molar-refractivity contribution is 6.31. The first kappa shape index (κ1) is 12.4. The summed E-state index contributed by atoms with van der Waals surface area (Å²) in [6.45, 7) is 2.75. The van der Waals surface area contributed by atoms with E-state index in [1.807, 2.05) is 0 Å². The maximum atomic E-state index is 13.3. The molecule has 0 saturated carbocycles. The minimum absolute atomic E-state index is 0.299. The van der Waals surface area contributed by atoms with Crippen molar-refractivity contribution >= 4 is 11.6 Å². The Hall–Kier alpha value is -0.640. The Balaban J connectivity index is 2.43. The number of nitrogens with one attached hydrogen (secondary N) is 1. The highest BCUT2D eigenvalue weighted by Gasteiger charge is 2.05. The second-order valence-corrected chi connectivity index (χ2v) is 3.92. The lowest BCUT2D eigenvalue weighted by Gasteiger charge is -2.08. The van der Waals surface area contributed by atoms with E-state index in [2.05, 4.69) is 5.32 Å². The van der Waals surface area contributed by atoms with Crippen LogP contribution in [0.2, 0.25) is 5.02 Å². The van der Waals surface area contributed by atoms with Crippen molar-refractivity contribution in [3.05, 3.63) is 34.6 Å². The summed E-state index contributed by atoms with van der Waals surface area (Å²) < 4.78 is 13.3. The lowest BCUT2D eigenvalue weighted by molar-refractivity contribution is 0.183. The van der Waals surface area contributed by atoms with E-state index < -0.39 is 0 Å². The fourth-order valence-corrected chi connectivity index (χ4v) is 1.46. The number of hydrogen-bond acceptors (Lipinski definition) is 2. The van der Waals surface area contributed by atoms with Crippen LogP contribution in [-0.4, -0.2) is 17.8 Å². The first-order valence-electron chi connectivity index (χ1n) is 4.93. The fraction of sp³-hybridized carbons (Fsp3) is 0.455. The van der Waals surface area contributed by atoms with E-state index in [-0.39, 0.29) is 11.9 Å². The predicted octanol–water partition coefficient (Wildman–Crippen LogP) is 2.34. The first-order chi connectivity index (χ1) is 7.11. The summed E-state index contributed by atoms with van der Waals surface area (Å²) >= 11 is 5.84. The summed E-state index contributed by atoms with van der Waals surface area (Å²) in [5.74, 6) is -0.299. The standard InChI is InChI=1S/C11H15ClFNO/c1-8(15)5-6-14-7-9-10(12)3-2-4-11(9)13/h2-4,8,14-15H,5-7H2,1H3/t8-/m0/s1. The molecule has 0 heterocycles. The summed E-state index contributed by atoms with van der Waals surface area (Å²) in [4.78, 5) is 0. The second kappa shape index (κ2) is 6.05. The van der Waals surface area contributed by atoms with Gasteiger partial charge < -0.3 is 10.4 Å². The van der Waals surface area contributed by atoms with Gasteiger partial charge in [-0.1, -0.05) is 17.7 Å². The summed E-state index contributed by atoms with van der Waals surface area (Å²) in [5, 5.41) is 12.5. The molecule has 0 amide bonds. The number of halogens is 2. The molecule has 1 atom stereocenters. The average Bonchev–Trinajstić information content (AvgIpc) is 2.15. The van der Waals surface area contributed by atoms with Crippen LogP contribution in [0.25, 0.3) is 0 Å². The molecule has 0 bridgehead atoms. The maximum Gasteiger partial charge on any atom is 0.129 e. The van der Waals surface area contributed by atoms with Crippen LogP contribution in [0.1, 0.15) is 18.9 Å². The van der Waals surface area contributed by atoms with Crippen LogP contribution in [0.5, 0.6) is 0 Å². The van der Waals surface area contributed by atoms with E-state index >= 15 is 0 Å². The molecule has 0 spiro atoms. The molecular formula is C11H15ClFNO. The zero-order valence-electron chi connectivity index (χ0n) is 8.63. The van der Waals surface area contributed by atoms with Crippen molar-refractivity contribution in [1.29, 1.82) is 0 Å². The van der Waals surface area contributed by atoms with Gasteiger partial charge in [-0.2, -0.15) is 0 Å². The molecule has 0 aliphatic rings. The van der Waals surface area contributed by atoms with Gasteiger partial charge in [0.05, 0.1) is 6.10 Å². The number of benzene rings is 1. The van der Waals surface area contributed by atoms with E-state index in [1.54, 1.807) is 19.1 Å². The zero-order valence-corrected chi connectivity index (χ0v) is 9.39. The highest BCUT2D eigenvalue weighted by Crippen LogP contribution is 2.18. The molecule has 0 radical (unpaired) electrons. The van der Waals surface area contributed by atoms with E-state index in [0.717, 1.165) is 0 Å². The van der Waals surface area contributed by atoms with Crippen LogP contribution in [0, 0.1) is 5.82 Å². The molecule has 0 aliphatic carbocycles. The third-order valence-electron chi connectivity index (χ3n) is 2.10. The molecule has 2 N–H and O–H groups in total. The van der Waals surface area contributed by atoms with Gasteiger partial charge in [0.1, 0.15) is 5.82 Å². The van der Waals surface area contributed by atoms with Crippen molar-refractivity contribution in [1.82, 2.24) is 5.32 Å². The van der Waals surface area contributed by atoms with Crippen LogP contribution >= 0.6 is 11.6 Å². The largest absolute Gasteiger partial charge is 0.393 e. The van der Waals surface area contributed by atoms with E-state index in [9.17, 15) is 4.39 Å². The molecule has 4 heteroatoms. The van der Waals surface area contributed by atoms with Crippen LogP contribution in [0.3, 0.4) is 0 Å². The Bertz CT molecular complexity index is 297. The lowest BCUT2D eigenvalue weighted by atomic mass is 10.2. The van der Waals surface area contributed by atoms with Gasteiger partial charge in [0, 0.05) is 17.1 Å². The summed E-state index contributed by atoms with van der Waals surface area (Å²) in [6.07, 6.45) is 0.306. The van der Waals surface area contributed by atoms with Gasteiger partial charge in [0.25, 0.3) is 0 Å². The van der Waals surface area contributed by atoms with Gasteiger partial charge in [-0.15, -0.1) is 0 Å². The quantitative estimate of drug-likeness (QED) is 0.763. The minimum Gasteiger partial charge on any atom is -0.393 e. The Morgan fingerprint density at radius 1 is 1.53 bits per heavy atom. The molecular weight excluding hydrogens is 217 g/mol. The third-order valence-corrected chi connectivity index (χ3v) is 2.46. The van der Waals surface area contributed by atoms with Gasteiger partial charge >= 0.3 is 0 Å². The smallest absolute Gasteiger partial charge is 0.129 e. The van der Waals surface area contributed by atoms with Crippen molar-refractivity contribution in [2.24, 2.45) is 0 Å². The molecule has 0 fully saturated rings. The normalized spacial score (nSPS) is 12.8. The first-order valence-corrected chi connectivity index (χ1v) is 5.30. The van der Waals surface area contributed by atoms with Crippen molar-refractivity contribution in [2.75, 3.05) is 6.54 Å². The second-order valence-electron chi connectivity index (χ2n) is 3.51. The minimum atomic E-state index is -0.339. The van der Waals surface area contributed by atoms with Crippen LogP contribution in [0.4, 0.5) is 4.39 Å². The van der Waals surface area contributed by atoms with Crippen LogP contribution in [0.15, 0.2) is 18.2 Å². The molecule has 0 unspecified atom stereocenters. The van der Waals surface area contributed by atoms with Gasteiger partial charge in [-0.25, -0.2) is 4.39 Å². The number of rotatable bonds is 5. The molecule has 1 rings (SSSR count). The summed E-state index contributed by atoms with van der Waals surface area (Å²) in [7, 11) is 0. The Labute approximate surface area is 94.1 Å². The fourth-order valence-electron chi connectivity index (χ4n) is 1.23. The Kier molecular flexibility index (Phi) is 5.02. The molecule has 1 aromatic rings. The molecule has 0 aromatic heterocycles. The number of aliphatic hydroxyl groups excluding tert-OH is 1. The molecule has 0 saturated heterocycles. The van der Waals surface area contributed by atoms with E-state index in [4.69, 9.17) is 16.7 Å². The van der Waals surface area contributed by atoms with Crippen LogP contribution in [-0.2, 0) is 6.54 Å². The predicted molar refractivity (Wildman–Crippen MR) is 59.4 cm³/mol. The van der Waals surface area contributed by atoms with Crippen molar-refractivity contribution in [2.45, 2.75) is 26.0 Å². The van der Waals surface area contributed by atoms with Gasteiger partial charge in [-0.05, 0) is 32.0 Å².